The van der Waals surface area contributed by atoms with Crippen LogP contribution < -0.4 is 9.80 Å². The predicted octanol–water partition coefficient (Wildman–Crippen LogP) is 2.36. The van der Waals surface area contributed by atoms with Crippen LogP contribution in [-0.2, 0) is 6.18 Å². The molecule has 0 saturated carbocycles. The number of nitrogens with zero attached hydrogens (tertiary/aromatic N) is 5. The molecule has 2 aromatic heterocycles. The monoisotopic (exact) mass is 327 g/mol. The molecular formula is C14H13F4N5. The molecule has 0 unspecified atom stereocenters. The third kappa shape index (κ3) is 3.33. The first-order chi connectivity index (χ1) is 10.9. The molecule has 0 amide bonds. The standard InChI is InChI=1S/C14H13F4N5/c15-11-7-10(14(16,17)18)8-20-13(11)23-5-3-22(4-6-23)12-1-2-19-9-21-12/h1-2,7-9H,3-6H2. The summed E-state index contributed by atoms with van der Waals surface area (Å²) in [5, 5.41) is 0. The number of rotatable bonds is 2. The van der Waals surface area contributed by atoms with E-state index in [4.69, 9.17) is 0 Å². The van der Waals surface area contributed by atoms with Crippen LogP contribution in [0.1, 0.15) is 5.56 Å². The Labute approximate surface area is 129 Å². The lowest BCUT2D eigenvalue weighted by Gasteiger charge is -2.36. The number of hydrogen-bond acceptors (Lipinski definition) is 5. The van der Waals surface area contributed by atoms with Crippen LogP contribution in [0, 0.1) is 5.82 Å². The molecule has 122 valence electrons. The lowest BCUT2D eigenvalue weighted by atomic mass is 10.2. The molecule has 3 rings (SSSR count). The fourth-order valence-corrected chi connectivity index (χ4v) is 2.44. The van der Waals surface area contributed by atoms with Gasteiger partial charge in [0.2, 0.25) is 0 Å². The van der Waals surface area contributed by atoms with Gasteiger partial charge < -0.3 is 9.80 Å². The number of alkyl halides is 3. The number of piperazine rings is 1. The van der Waals surface area contributed by atoms with Crippen molar-refractivity contribution in [1.29, 1.82) is 0 Å². The van der Waals surface area contributed by atoms with Gasteiger partial charge in [-0.15, -0.1) is 0 Å². The summed E-state index contributed by atoms with van der Waals surface area (Å²) in [6.07, 6.45) is -0.863. The van der Waals surface area contributed by atoms with Gasteiger partial charge in [-0.1, -0.05) is 0 Å². The third-order valence-corrected chi connectivity index (χ3v) is 3.62. The maximum absolute atomic E-state index is 13.9. The summed E-state index contributed by atoms with van der Waals surface area (Å²) in [4.78, 5) is 15.3. The molecule has 0 radical (unpaired) electrons. The molecule has 1 saturated heterocycles. The van der Waals surface area contributed by atoms with E-state index in [1.807, 2.05) is 4.90 Å². The molecule has 2 aromatic rings. The summed E-state index contributed by atoms with van der Waals surface area (Å²) in [6.45, 7) is 2.02. The highest BCUT2D eigenvalue weighted by Gasteiger charge is 2.32. The molecule has 5 nitrogen and oxygen atoms in total. The first kappa shape index (κ1) is 15.4. The summed E-state index contributed by atoms with van der Waals surface area (Å²) in [7, 11) is 0. The van der Waals surface area contributed by atoms with Crippen LogP contribution in [-0.4, -0.2) is 41.1 Å². The minimum atomic E-state index is -4.60. The normalized spacial score (nSPS) is 15.8. The second-order valence-corrected chi connectivity index (χ2v) is 5.07. The van der Waals surface area contributed by atoms with E-state index >= 15 is 0 Å². The Kier molecular flexibility index (Phi) is 4.01. The molecule has 1 aliphatic rings. The van der Waals surface area contributed by atoms with Crippen LogP contribution >= 0.6 is 0 Å². The number of anilines is 2. The Morgan fingerprint density at radius 3 is 2.26 bits per heavy atom. The minimum Gasteiger partial charge on any atom is -0.353 e. The van der Waals surface area contributed by atoms with Gasteiger partial charge in [0.15, 0.2) is 11.6 Å². The second-order valence-electron chi connectivity index (χ2n) is 5.07. The van der Waals surface area contributed by atoms with E-state index in [0.717, 1.165) is 5.82 Å². The summed E-state index contributed by atoms with van der Waals surface area (Å²) < 4.78 is 51.6. The number of halogens is 4. The zero-order valence-corrected chi connectivity index (χ0v) is 12.0. The van der Waals surface area contributed by atoms with Gasteiger partial charge in [0.1, 0.15) is 12.1 Å². The second kappa shape index (κ2) is 5.98. The Hall–Kier alpha value is -2.45. The Balaban J connectivity index is 1.71. The highest BCUT2D eigenvalue weighted by atomic mass is 19.4. The molecule has 0 bridgehead atoms. The van der Waals surface area contributed by atoms with Crippen LogP contribution in [0.3, 0.4) is 0 Å². The van der Waals surface area contributed by atoms with Crippen molar-refractivity contribution in [3.05, 3.63) is 42.2 Å². The topological polar surface area (TPSA) is 45.2 Å². The molecule has 0 N–H and O–H groups in total. The molecule has 3 heterocycles. The maximum atomic E-state index is 13.9. The van der Waals surface area contributed by atoms with E-state index in [1.54, 1.807) is 17.2 Å². The molecule has 23 heavy (non-hydrogen) atoms. The van der Waals surface area contributed by atoms with Crippen LogP contribution in [0.5, 0.6) is 0 Å². The van der Waals surface area contributed by atoms with E-state index in [1.165, 1.54) is 6.33 Å². The van der Waals surface area contributed by atoms with E-state index in [2.05, 4.69) is 15.0 Å². The number of pyridine rings is 1. The summed E-state index contributed by atoms with van der Waals surface area (Å²) >= 11 is 0. The van der Waals surface area contributed by atoms with E-state index in [0.29, 0.717) is 38.4 Å². The molecule has 1 fully saturated rings. The molecule has 1 aliphatic heterocycles. The van der Waals surface area contributed by atoms with Gasteiger partial charge >= 0.3 is 6.18 Å². The third-order valence-electron chi connectivity index (χ3n) is 3.62. The van der Waals surface area contributed by atoms with E-state index in [9.17, 15) is 17.6 Å². The fraction of sp³-hybridized carbons (Fsp3) is 0.357. The first-order valence-electron chi connectivity index (χ1n) is 6.94. The van der Waals surface area contributed by atoms with Crippen LogP contribution in [0.4, 0.5) is 29.2 Å². The summed E-state index contributed by atoms with van der Waals surface area (Å²) in [5.74, 6) is -0.254. The molecule has 0 spiro atoms. The van der Waals surface area contributed by atoms with Crippen molar-refractivity contribution in [2.24, 2.45) is 0 Å². The first-order valence-corrected chi connectivity index (χ1v) is 6.94. The minimum absolute atomic E-state index is 0.0552. The van der Waals surface area contributed by atoms with Crippen molar-refractivity contribution in [3.8, 4) is 0 Å². The van der Waals surface area contributed by atoms with Gasteiger partial charge in [-0.2, -0.15) is 13.2 Å². The largest absolute Gasteiger partial charge is 0.417 e. The van der Waals surface area contributed by atoms with Crippen molar-refractivity contribution >= 4 is 11.6 Å². The Morgan fingerprint density at radius 2 is 1.70 bits per heavy atom. The van der Waals surface area contributed by atoms with Crippen molar-refractivity contribution in [2.75, 3.05) is 36.0 Å². The SMILES string of the molecule is Fc1cc(C(F)(F)F)cnc1N1CCN(c2ccncn2)CC1. The predicted molar refractivity (Wildman–Crippen MR) is 75.7 cm³/mol. The molecule has 0 aromatic carbocycles. The van der Waals surface area contributed by atoms with Gasteiger partial charge in [-0.3, -0.25) is 0 Å². The Bertz CT molecular complexity index is 669. The zero-order valence-electron chi connectivity index (χ0n) is 12.0. The molecule has 0 atom stereocenters. The van der Waals surface area contributed by atoms with E-state index in [-0.39, 0.29) is 5.82 Å². The van der Waals surface area contributed by atoms with Crippen LogP contribution in [0.15, 0.2) is 30.9 Å². The smallest absolute Gasteiger partial charge is 0.353 e. The van der Waals surface area contributed by atoms with Crippen molar-refractivity contribution in [2.45, 2.75) is 6.18 Å². The number of aromatic nitrogens is 3. The molecule has 9 heteroatoms. The van der Waals surface area contributed by atoms with Gasteiger partial charge in [0.25, 0.3) is 0 Å². The fourth-order valence-electron chi connectivity index (χ4n) is 2.44. The summed E-state index contributed by atoms with van der Waals surface area (Å²) in [6, 6.07) is 2.26. The Morgan fingerprint density at radius 1 is 1.00 bits per heavy atom. The highest BCUT2D eigenvalue weighted by molar-refractivity contribution is 5.45. The van der Waals surface area contributed by atoms with Crippen LogP contribution in [0.25, 0.3) is 0 Å². The van der Waals surface area contributed by atoms with Gasteiger partial charge in [-0.05, 0) is 12.1 Å². The van der Waals surface area contributed by atoms with Crippen molar-refractivity contribution in [1.82, 2.24) is 15.0 Å². The van der Waals surface area contributed by atoms with Gasteiger partial charge in [-0.25, -0.2) is 19.3 Å². The van der Waals surface area contributed by atoms with Crippen molar-refractivity contribution < 1.29 is 17.6 Å². The average Bonchev–Trinajstić information content (AvgIpc) is 2.55. The van der Waals surface area contributed by atoms with Gasteiger partial charge in [0.05, 0.1) is 5.56 Å². The lowest BCUT2D eigenvalue weighted by Crippen LogP contribution is -2.47. The average molecular weight is 327 g/mol. The number of hydrogen-bond donors (Lipinski definition) is 0. The van der Waals surface area contributed by atoms with Crippen molar-refractivity contribution in [3.63, 3.8) is 0 Å². The summed E-state index contributed by atoms with van der Waals surface area (Å²) in [5.41, 5.74) is -1.08. The maximum Gasteiger partial charge on any atom is 0.417 e. The lowest BCUT2D eigenvalue weighted by molar-refractivity contribution is -0.138. The zero-order chi connectivity index (χ0) is 16.4. The molecular weight excluding hydrogens is 314 g/mol. The quantitative estimate of drug-likeness (QED) is 0.793. The molecule has 0 aliphatic carbocycles. The van der Waals surface area contributed by atoms with Gasteiger partial charge in [0, 0.05) is 38.6 Å². The van der Waals surface area contributed by atoms with Crippen LogP contribution in [0.2, 0.25) is 0 Å². The van der Waals surface area contributed by atoms with E-state index < -0.39 is 17.6 Å². The highest BCUT2D eigenvalue weighted by Crippen LogP contribution is 2.31.